The molecule has 1 amide bonds. The van der Waals surface area contributed by atoms with E-state index in [-0.39, 0.29) is 12.2 Å². The summed E-state index contributed by atoms with van der Waals surface area (Å²) in [5.74, 6) is 0.979. The highest BCUT2D eigenvalue weighted by molar-refractivity contribution is 5.68. The molecule has 1 heterocycles. The minimum atomic E-state index is -0.428. The van der Waals surface area contributed by atoms with E-state index >= 15 is 0 Å². The fourth-order valence-corrected chi connectivity index (χ4v) is 2.35. The highest BCUT2D eigenvalue weighted by Crippen LogP contribution is 2.21. The largest absolute Gasteiger partial charge is 0.491 e. The molecule has 1 aliphatic carbocycles. The smallest absolute Gasteiger partial charge is 0.410 e. The van der Waals surface area contributed by atoms with Gasteiger partial charge < -0.3 is 14.4 Å². The van der Waals surface area contributed by atoms with Gasteiger partial charge in [-0.2, -0.15) is 0 Å². The van der Waals surface area contributed by atoms with Crippen molar-refractivity contribution in [1.29, 1.82) is 0 Å². The molecule has 2 aliphatic rings. The summed E-state index contributed by atoms with van der Waals surface area (Å²) in [4.78, 5) is 13.7. The van der Waals surface area contributed by atoms with Crippen LogP contribution in [0.4, 0.5) is 4.79 Å². The van der Waals surface area contributed by atoms with Gasteiger partial charge in [-0.15, -0.1) is 0 Å². The monoisotopic (exact) mass is 279 g/mol. The molecule has 20 heavy (non-hydrogen) atoms. The fourth-order valence-electron chi connectivity index (χ4n) is 2.35. The number of hydrogen-bond donors (Lipinski definition) is 0. The molecule has 0 aromatic carbocycles. The molecule has 4 heteroatoms. The van der Waals surface area contributed by atoms with Crippen molar-refractivity contribution in [1.82, 2.24) is 4.90 Å². The van der Waals surface area contributed by atoms with Crippen LogP contribution in [0, 0.1) is 0 Å². The van der Waals surface area contributed by atoms with Gasteiger partial charge in [0.1, 0.15) is 17.5 Å². The second-order valence-corrected chi connectivity index (χ2v) is 6.37. The Bertz CT molecular complexity index is 398. The zero-order chi connectivity index (χ0) is 14.6. The van der Waals surface area contributed by atoms with Crippen molar-refractivity contribution >= 4 is 6.09 Å². The number of amides is 1. The van der Waals surface area contributed by atoms with Gasteiger partial charge in [-0.05, 0) is 45.8 Å². The number of carbonyl (C=O) groups is 1. The third-order valence-corrected chi connectivity index (χ3v) is 3.36. The third-order valence-electron chi connectivity index (χ3n) is 3.36. The first kappa shape index (κ1) is 14.9. The number of carbonyl (C=O) groups excluding carboxylic acids is 1. The summed E-state index contributed by atoms with van der Waals surface area (Å²) in [5, 5.41) is 0. The molecule has 0 aromatic rings. The molecule has 112 valence electrons. The first-order valence-electron chi connectivity index (χ1n) is 7.45. The van der Waals surface area contributed by atoms with Crippen molar-refractivity contribution in [2.45, 2.75) is 58.2 Å². The molecule has 0 spiro atoms. The average molecular weight is 279 g/mol. The Morgan fingerprint density at radius 2 is 1.95 bits per heavy atom. The molecule has 4 nitrogen and oxygen atoms in total. The van der Waals surface area contributed by atoms with Crippen molar-refractivity contribution in [2.24, 2.45) is 0 Å². The number of rotatable bonds is 2. The Morgan fingerprint density at radius 3 is 2.50 bits per heavy atom. The second kappa shape index (κ2) is 6.33. The number of piperidine rings is 1. The number of hydrogen-bond acceptors (Lipinski definition) is 3. The van der Waals surface area contributed by atoms with Crippen molar-refractivity contribution < 1.29 is 14.3 Å². The Balaban J connectivity index is 1.76. The standard InChI is InChI=1S/C16H25NO3/c1-16(2,3)20-15(18)17-11-9-14(10-12-17)19-13-7-5-4-6-8-13/h5,7-8,14H,4,6,9-12H2,1-3H3. The van der Waals surface area contributed by atoms with E-state index in [9.17, 15) is 4.79 Å². The summed E-state index contributed by atoms with van der Waals surface area (Å²) < 4.78 is 11.3. The van der Waals surface area contributed by atoms with E-state index in [1.807, 2.05) is 26.8 Å². The average Bonchev–Trinajstić information content (AvgIpc) is 2.39. The van der Waals surface area contributed by atoms with E-state index in [4.69, 9.17) is 9.47 Å². The molecule has 0 bridgehead atoms. The molecule has 0 N–H and O–H groups in total. The van der Waals surface area contributed by atoms with E-state index in [2.05, 4.69) is 12.2 Å². The molecule has 1 fully saturated rings. The zero-order valence-electron chi connectivity index (χ0n) is 12.7. The molecular formula is C16H25NO3. The lowest BCUT2D eigenvalue weighted by Gasteiger charge is -2.33. The van der Waals surface area contributed by atoms with Gasteiger partial charge in [0.05, 0.1) is 0 Å². The predicted molar refractivity (Wildman–Crippen MR) is 78.4 cm³/mol. The van der Waals surface area contributed by atoms with E-state index in [1.54, 1.807) is 4.90 Å². The quantitative estimate of drug-likeness (QED) is 0.774. The SMILES string of the molecule is CC(C)(C)OC(=O)N1CCC(OC2=CCCC=C2)CC1. The minimum absolute atomic E-state index is 0.211. The number of ether oxygens (including phenoxy) is 2. The van der Waals surface area contributed by atoms with Crippen LogP contribution < -0.4 is 0 Å². The summed E-state index contributed by atoms with van der Waals surface area (Å²) in [6.07, 6.45) is 10.2. The van der Waals surface area contributed by atoms with Gasteiger partial charge in [-0.1, -0.05) is 6.08 Å². The lowest BCUT2D eigenvalue weighted by Crippen LogP contribution is -2.43. The lowest BCUT2D eigenvalue weighted by atomic mass is 10.1. The molecular weight excluding hydrogens is 254 g/mol. The van der Waals surface area contributed by atoms with Gasteiger partial charge in [-0.25, -0.2) is 4.79 Å². The maximum atomic E-state index is 12.0. The van der Waals surface area contributed by atoms with Gasteiger partial charge in [0.25, 0.3) is 0 Å². The highest BCUT2D eigenvalue weighted by Gasteiger charge is 2.27. The number of nitrogens with zero attached hydrogens (tertiary/aromatic N) is 1. The first-order valence-corrected chi connectivity index (χ1v) is 7.45. The van der Waals surface area contributed by atoms with E-state index < -0.39 is 5.60 Å². The summed E-state index contributed by atoms with van der Waals surface area (Å²) in [6.45, 7) is 7.08. The predicted octanol–water partition coefficient (Wildman–Crippen LogP) is 3.64. The van der Waals surface area contributed by atoms with Crippen LogP contribution in [0.2, 0.25) is 0 Å². The lowest BCUT2D eigenvalue weighted by molar-refractivity contribution is 0.00542. The van der Waals surface area contributed by atoms with Crippen LogP contribution in [0.5, 0.6) is 0 Å². The zero-order valence-corrected chi connectivity index (χ0v) is 12.7. The first-order chi connectivity index (χ1) is 9.44. The summed E-state index contributed by atoms with van der Waals surface area (Å²) >= 11 is 0. The van der Waals surface area contributed by atoms with Crippen LogP contribution in [0.15, 0.2) is 24.0 Å². The van der Waals surface area contributed by atoms with Gasteiger partial charge in [0.2, 0.25) is 0 Å². The number of likely N-dealkylation sites (tertiary alicyclic amines) is 1. The van der Waals surface area contributed by atoms with E-state index in [1.165, 1.54) is 0 Å². The summed E-state index contributed by atoms with van der Waals surface area (Å²) in [5.41, 5.74) is -0.428. The summed E-state index contributed by atoms with van der Waals surface area (Å²) in [6, 6.07) is 0. The van der Waals surface area contributed by atoms with Crippen LogP contribution in [0.25, 0.3) is 0 Å². The maximum absolute atomic E-state index is 12.0. The topological polar surface area (TPSA) is 38.8 Å². The molecule has 1 aliphatic heterocycles. The van der Waals surface area contributed by atoms with Crippen molar-refractivity contribution in [3.63, 3.8) is 0 Å². The summed E-state index contributed by atoms with van der Waals surface area (Å²) in [7, 11) is 0. The van der Waals surface area contributed by atoms with Gasteiger partial charge in [-0.3, -0.25) is 0 Å². The van der Waals surface area contributed by atoms with Crippen LogP contribution in [0.1, 0.15) is 46.5 Å². The van der Waals surface area contributed by atoms with Crippen molar-refractivity contribution in [3.8, 4) is 0 Å². The second-order valence-electron chi connectivity index (χ2n) is 6.37. The van der Waals surface area contributed by atoms with Gasteiger partial charge in [0.15, 0.2) is 0 Å². The van der Waals surface area contributed by atoms with Crippen LogP contribution >= 0.6 is 0 Å². The Kier molecular flexibility index (Phi) is 4.73. The normalized spacial score (nSPS) is 20.6. The molecule has 0 atom stereocenters. The van der Waals surface area contributed by atoms with Gasteiger partial charge >= 0.3 is 6.09 Å². The Hall–Kier alpha value is -1.45. The van der Waals surface area contributed by atoms with Gasteiger partial charge in [0, 0.05) is 25.9 Å². The molecule has 1 saturated heterocycles. The number of allylic oxidation sites excluding steroid dienone is 3. The highest BCUT2D eigenvalue weighted by atomic mass is 16.6. The van der Waals surface area contributed by atoms with E-state index in [0.29, 0.717) is 13.1 Å². The minimum Gasteiger partial charge on any atom is -0.491 e. The molecule has 2 rings (SSSR count). The third kappa shape index (κ3) is 4.58. The molecule has 0 aromatic heterocycles. The van der Waals surface area contributed by atoms with Crippen molar-refractivity contribution in [3.05, 3.63) is 24.0 Å². The van der Waals surface area contributed by atoms with Crippen molar-refractivity contribution in [2.75, 3.05) is 13.1 Å². The van der Waals surface area contributed by atoms with Crippen LogP contribution in [-0.4, -0.2) is 35.8 Å². The molecule has 0 unspecified atom stereocenters. The fraction of sp³-hybridized carbons (Fsp3) is 0.688. The molecule has 0 saturated carbocycles. The maximum Gasteiger partial charge on any atom is 0.410 e. The van der Waals surface area contributed by atoms with Crippen LogP contribution in [-0.2, 0) is 9.47 Å². The Labute approximate surface area is 121 Å². The van der Waals surface area contributed by atoms with Crippen LogP contribution in [0.3, 0.4) is 0 Å². The molecule has 0 radical (unpaired) electrons. The Morgan fingerprint density at radius 1 is 1.25 bits per heavy atom. The van der Waals surface area contributed by atoms with E-state index in [0.717, 1.165) is 31.4 Å².